The van der Waals surface area contributed by atoms with E-state index in [0.29, 0.717) is 0 Å². The number of aromatic nitrogens is 1. The molecule has 1 aromatic heterocycles. The molecule has 3 heteroatoms. The van der Waals surface area contributed by atoms with Gasteiger partial charge in [-0.2, -0.15) is 0 Å². The number of hydrogen-bond acceptors (Lipinski definition) is 3. The second-order valence-corrected chi connectivity index (χ2v) is 7.11. The molecule has 0 spiro atoms. The van der Waals surface area contributed by atoms with Crippen LogP contribution in [0.5, 0.6) is 0 Å². The average molecular weight is 285 g/mol. The summed E-state index contributed by atoms with van der Waals surface area (Å²) in [4.78, 5) is 7.22. The van der Waals surface area contributed by atoms with E-state index in [2.05, 4.69) is 27.3 Å². The van der Waals surface area contributed by atoms with Crippen molar-refractivity contribution in [1.82, 2.24) is 10.3 Å². The smallest absolute Gasteiger partial charge is 0.0562 e. The van der Waals surface area contributed by atoms with Crippen molar-refractivity contribution in [2.45, 2.75) is 70.0 Å². The maximum absolute atomic E-state index is 4.54. The van der Waals surface area contributed by atoms with Gasteiger partial charge in [0.1, 0.15) is 0 Å². The molecule has 21 heavy (non-hydrogen) atoms. The summed E-state index contributed by atoms with van der Waals surface area (Å²) >= 11 is 0. The number of hydrogen-bond donors (Lipinski definition) is 1. The Hall–Kier alpha value is -1.09. The molecule has 0 radical (unpaired) electrons. The van der Waals surface area contributed by atoms with Gasteiger partial charge < -0.3 is 10.2 Å². The van der Waals surface area contributed by atoms with Gasteiger partial charge in [-0.15, -0.1) is 0 Å². The standard InChI is InChI=1S/C18H27N3/c1-2-5-14(4-1)18-6-3-11-21(18)17-9-10-19-16(12-17)13-20-15-7-8-15/h9-10,12,14-15,18,20H,1-8,11,13H2. The molecule has 2 heterocycles. The van der Waals surface area contributed by atoms with Crippen LogP contribution in [0.3, 0.4) is 0 Å². The van der Waals surface area contributed by atoms with Gasteiger partial charge in [-0.25, -0.2) is 0 Å². The SMILES string of the molecule is c1cc(N2CCCC2C2CCCC2)cc(CNC2CC2)n1. The highest BCUT2D eigenvalue weighted by Crippen LogP contribution is 2.37. The van der Waals surface area contributed by atoms with E-state index in [0.717, 1.165) is 24.5 Å². The summed E-state index contributed by atoms with van der Waals surface area (Å²) in [5, 5.41) is 3.58. The van der Waals surface area contributed by atoms with E-state index >= 15 is 0 Å². The summed E-state index contributed by atoms with van der Waals surface area (Å²) in [5.74, 6) is 0.939. The van der Waals surface area contributed by atoms with E-state index in [4.69, 9.17) is 0 Å². The van der Waals surface area contributed by atoms with E-state index in [1.54, 1.807) is 0 Å². The van der Waals surface area contributed by atoms with Crippen LogP contribution in [0.25, 0.3) is 0 Å². The largest absolute Gasteiger partial charge is 0.368 e. The molecule has 3 fully saturated rings. The van der Waals surface area contributed by atoms with Crippen LogP contribution in [-0.2, 0) is 6.54 Å². The zero-order chi connectivity index (χ0) is 14.1. The van der Waals surface area contributed by atoms with Gasteiger partial charge in [-0.1, -0.05) is 12.8 Å². The Morgan fingerprint density at radius 2 is 1.95 bits per heavy atom. The molecule has 0 amide bonds. The second-order valence-electron chi connectivity index (χ2n) is 7.11. The molecule has 2 saturated carbocycles. The van der Waals surface area contributed by atoms with Gasteiger partial charge in [0.05, 0.1) is 5.69 Å². The van der Waals surface area contributed by atoms with Crippen molar-refractivity contribution in [3.05, 3.63) is 24.0 Å². The molecule has 0 aromatic carbocycles. The molecule has 3 aliphatic rings. The molecule has 1 N–H and O–H groups in total. The molecule has 1 saturated heterocycles. The number of anilines is 1. The van der Waals surface area contributed by atoms with Gasteiger partial charge in [0.25, 0.3) is 0 Å². The van der Waals surface area contributed by atoms with Crippen LogP contribution in [0.4, 0.5) is 5.69 Å². The van der Waals surface area contributed by atoms with E-state index in [1.165, 1.54) is 69.3 Å². The normalized spacial score (nSPS) is 26.7. The number of pyridine rings is 1. The highest BCUT2D eigenvalue weighted by molar-refractivity contribution is 5.49. The number of nitrogens with one attached hydrogen (secondary N) is 1. The molecule has 0 bridgehead atoms. The molecular formula is C18H27N3. The zero-order valence-electron chi connectivity index (χ0n) is 12.9. The van der Waals surface area contributed by atoms with Crippen molar-refractivity contribution < 1.29 is 0 Å². The Balaban J connectivity index is 1.47. The molecule has 4 rings (SSSR count). The van der Waals surface area contributed by atoms with Gasteiger partial charge in [-0.05, 0) is 56.6 Å². The lowest BCUT2D eigenvalue weighted by molar-refractivity contribution is 0.430. The number of rotatable bonds is 5. The van der Waals surface area contributed by atoms with Crippen molar-refractivity contribution in [1.29, 1.82) is 0 Å². The lowest BCUT2D eigenvalue weighted by atomic mass is 9.96. The summed E-state index contributed by atoms with van der Waals surface area (Å²) in [6.07, 6.45) is 13.2. The molecular weight excluding hydrogens is 258 g/mol. The third-order valence-corrected chi connectivity index (χ3v) is 5.52. The van der Waals surface area contributed by atoms with Crippen molar-refractivity contribution in [3.63, 3.8) is 0 Å². The lowest BCUT2D eigenvalue weighted by Gasteiger charge is -2.31. The Morgan fingerprint density at radius 3 is 2.76 bits per heavy atom. The third kappa shape index (κ3) is 3.08. The average Bonchev–Trinajstić information content (AvgIpc) is 3.01. The fourth-order valence-corrected chi connectivity index (χ4v) is 4.22. The summed E-state index contributed by atoms with van der Waals surface area (Å²) in [5.41, 5.74) is 2.61. The summed E-state index contributed by atoms with van der Waals surface area (Å²) in [6, 6.07) is 6.09. The molecule has 1 aromatic rings. The lowest BCUT2D eigenvalue weighted by Crippen LogP contribution is -2.34. The van der Waals surface area contributed by atoms with E-state index in [-0.39, 0.29) is 0 Å². The van der Waals surface area contributed by atoms with Crippen molar-refractivity contribution in [2.75, 3.05) is 11.4 Å². The first-order chi connectivity index (χ1) is 10.4. The van der Waals surface area contributed by atoms with Crippen LogP contribution in [0.1, 0.15) is 57.1 Å². The predicted octanol–water partition coefficient (Wildman–Crippen LogP) is 3.49. The van der Waals surface area contributed by atoms with Gasteiger partial charge in [0.2, 0.25) is 0 Å². The Kier molecular flexibility index (Phi) is 3.85. The molecule has 1 aliphatic heterocycles. The third-order valence-electron chi connectivity index (χ3n) is 5.52. The molecule has 114 valence electrons. The summed E-state index contributed by atoms with van der Waals surface area (Å²) in [6.45, 7) is 2.17. The van der Waals surface area contributed by atoms with Crippen molar-refractivity contribution in [3.8, 4) is 0 Å². The fourth-order valence-electron chi connectivity index (χ4n) is 4.22. The maximum Gasteiger partial charge on any atom is 0.0562 e. The van der Waals surface area contributed by atoms with E-state index < -0.39 is 0 Å². The topological polar surface area (TPSA) is 28.2 Å². The first-order valence-electron chi connectivity index (χ1n) is 8.85. The summed E-state index contributed by atoms with van der Waals surface area (Å²) < 4.78 is 0. The second kappa shape index (κ2) is 5.96. The fraction of sp³-hybridized carbons (Fsp3) is 0.722. The first kappa shape index (κ1) is 13.6. The molecule has 2 aliphatic carbocycles. The highest BCUT2D eigenvalue weighted by atomic mass is 15.2. The van der Waals surface area contributed by atoms with Crippen molar-refractivity contribution >= 4 is 5.69 Å². The van der Waals surface area contributed by atoms with Crippen LogP contribution in [0, 0.1) is 5.92 Å². The van der Waals surface area contributed by atoms with Crippen LogP contribution < -0.4 is 10.2 Å². The minimum atomic E-state index is 0.758. The zero-order valence-corrected chi connectivity index (χ0v) is 12.9. The highest BCUT2D eigenvalue weighted by Gasteiger charge is 2.33. The van der Waals surface area contributed by atoms with Gasteiger partial charge in [0.15, 0.2) is 0 Å². The Morgan fingerprint density at radius 1 is 1.10 bits per heavy atom. The molecule has 1 unspecified atom stereocenters. The van der Waals surface area contributed by atoms with E-state index in [9.17, 15) is 0 Å². The van der Waals surface area contributed by atoms with Crippen molar-refractivity contribution in [2.24, 2.45) is 5.92 Å². The van der Waals surface area contributed by atoms with Crippen LogP contribution in [0.15, 0.2) is 18.3 Å². The van der Waals surface area contributed by atoms with Gasteiger partial charge >= 0.3 is 0 Å². The van der Waals surface area contributed by atoms with Crippen LogP contribution >= 0.6 is 0 Å². The minimum Gasteiger partial charge on any atom is -0.368 e. The Labute approximate surface area is 128 Å². The number of nitrogens with zero attached hydrogens (tertiary/aromatic N) is 2. The van der Waals surface area contributed by atoms with Gasteiger partial charge in [0, 0.05) is 37.1 Å². The van der Waals surface area contributed by atoms with Gasteiger partial charge in [-0.3, -0.25) is 4.98 Å². The maximum atomic E-state index is 4.54. The first-order valence-corrected chi connectivity index (χ1v) is 8.85. The quantitative estimate of drug-likeness (QED) is 0.897. The monoisotopic (exact) mass is 285 g/mol. The van der Waals surface area contributed by atoms with Crippen LogP contribution in [-0.4, -0.2) is 23.6 Å². The summed E-state index contributed by atoms with van der Waals surface area (Å²) in [7, 11) is 0. The predicted molar refractivity (Wildman–Crippen MR) is 86.4 cm³/mol. The molecule has 3 nitrogen and oxygen atoms in total. The van der Waals surface area contributed by atoms with E-state index in [1.807, 2.05) is 6.20 Å². The molecule has 1 atom stereocenters. The Bertz CT molecular complexity index is 477. The van der Waals surface area contributed by atoms with Crippen LogP contribution in [0.2, 0.25) is 0 Å². The minimum absolute atomic E-state index is 0.758.